The van der Waals surface area contributed by atoms with Crippen LogP contribution in [-0.4, -0.2) is 83.1 Å². The fraction of sp³-hybridized carbons (Fsp3) is 0.667. The Bertz CT molecular complexity index is 1100. The number of fused-ring (bicyclic) bond motifs is 3. The van der Waals surface area contributed by atoms with Gasteiger partial charge < -0.3 is 29.8 Å². The molecule has 4 fully saturated rings. The van der Waals surface area contributed by atoms with E-state index in [1.165, 1.54) is 19.3 Å². The van der Waals surface area contributed by atoms with Crippen molar-refractivity contribution in [2.24, 2.45) is 0 Å². The number of piperidine rings is 2. The molecule has 5 heterocycles. The molecule has 0 aliphatic carbocycles. The predicted molar refractivity (Wildman–Crippen MR) is 138 cm³/mol. The maximum atomic E-state index is 13.3. The summed E-state index contributed by atoms with van der Waals surface area (Å²) in [5.74, 6) is -0.0763. The zero-order chi connectivity index (χ0) is 24.8. The van der Waals surface area contributed by atoms with Crippen LogP contribution < -0.4 is 15.5 Å². The van der Waals surface area contributed by atoms with Gasteiger partial charge in [-0.1, -0.05) is 12.5 Å². The van der Waals surface area contributed by atoms with Gasteiger partial charge in [-0.25, -0.2) is 4.79 Å². The van der Waals surface area contributed by atoms with Crippen LogP contribution in [0.1, 0.15) is 69.2 Å². The largest absolute Gasteiger partial charge is 0.423 e. The lowest BCUT2D eigenvalue weighted by Crippen LogP contribution is -2.60. The molecule has 6 rings (SSSR count). The number of piperazine rings is 1. The maximum Gasteiger partial charge on any atom is 0.320 e. The molecule has 4 aliphatic heterocycles. The van der Waals surface area contributed by atoms with Gasteiger partial charge >= 0.3 is 6.03 Å². The average molecular weight is 495 g/mol. The zero-order valence-electron chi connectivity index (χ0n) is 21.4. The first kappa shape index (κ1) is 23.6. The van der Waals surface area contributed by atoms with Gasteiger partial charge in [-0.2, -0.15) is 4.98 Å². The summed E-state index contributed by atoms with van der Waals surface area (Å²) in [6, 6.07) is 7.57. The van der Waals surface area contributed by atoms with E-state index in [4.69, 9.17) is 9.40 Å². The summed E-state index contributed by atoms with van der Waals surface area (Å²) < 4.78 is 6.20. The van der Waals surface area contributed by atoms with Crippen molar-refractivity contribution in [1.29, 1.82) is 0 Å². The summed E-state index contributed by atoms with van der Waals surface area (Å²) in [4.78, 5) is 37.2. The minimum Gasteiger partial charge on any atom is -0.423 e. The highest BCUT2D eigenvalue weighted by Crippen LogP contribution is 2.31. The van der Waals surface area contributed by atoms with Crippen molar-refractivity contribution in [1.82, 2.24) is 25.4 Å². The lowest BCUT2D eigenvalue weighted by molar-refractivity contribution is 0.0908. The molecule has 4 aliphatic rings. The third-order valence-electron chi connectivity index (χ3n) is 8.49. The van der Waals surface area contributed by atoms with E-state index in [1.807, 2.05) is 28.0 Å². The monoisotopic (exact) mass is 494 g/mol. The molecule has 9 heteroatoms. The second-order valence-electron chi connectivity index (χ2n) is 11.3. The van der Waals surface area contributed by atoms with Crippen LogP contribution >= 0.6 is 0 Å². The molecule has 4 atom stereocenters. The summed E-state index contributed by atoms with van der Waals surface area (Å²) in [6.45, 7) is 7.19. The van der Waals surface area contributed by atoms with Crippen LogP contribution in [0.15, 0.2) is 22.6 Å². The quantitative estimate of drug-likeness (QED) is 0.680. The van der Waals surface area contributed by atoms with Crippen molar-refractivity contribution in [3.05, 3.63) is 23.8 Å². The van der Waals surface area contributed by atoms with Gasteiger partial charge in [-0.15, -0.1) is 0 Å². The number of amides is 3. The normalized spacial score (nSPS) is 30.6. The molecule has 2 bridgehead atoms. The Hall–Kier alpha value is -2.81. The van der Waals surface area contributed by atoms with Crippen LogP contribution in [-0.2, 0) is 0 Å². The Morgan fingerprint density at radius 1 is 1.00 bits per heavy atom. The molecule has 194 valence electrons. The van der Waals surface area contributed by atoms with E-state index >= 15 is 0 Å². The average Bonchev–Trinajstić information content (AvgIpc) is 3.53. The smallest absolute Gasteiger partial charge is 0.320 e. The topological polar surface area (TPSA) is 94.0 Å². The van der Waals surface area contributed by atoms with Crippen LogP contribution in [0.25, 0.3) is 11.1 Å². The number of urea groups is 1. The zero-order valence-corrected chi connectivity index (χ0v) is 21.4. The first-order valence-electron chi connectivity index (χ1n) is 13.7. The number of aromatic nitrogens is 1. The number of nitrogens with zero attached hydrogens (tertiary/aromatic N) is 4. The highest BCUT2D eigenvalue weighted by Gasteiger charge is 2.37. The molecule has 2 aromatic rings. The molecule has 0 spiro atoms. The van der Waals surface area contributed by atoms with Gasteiger partial charge in [0.25, 0.3) is 11.9 Å². The van der Waals surface area contributed by atoms with Crippen LogP contribution in [0.2, 0.25) is 0 Å². The minimum absolute atomic E-state index is 0.0554. The van der Waals surface area contributed by atoms with E-state index in [2.05, 4.69) is 29.4 Å². The van der Waals surface area contributed by atoms with E-state index < -0.39 is 0 Å². The molecule has 3 amide bonds. The van der Waals surface area contributed by atoms with Crippen molar-refractivity contribution in [3.63, 3.8) is 0 Å². The Balaban J connectivity index is 1.18. The molecule has 9 nitrogen and oxygen atoms in total. The maximum absolute atomic E-state index is 13.3. The summed E-state index contributed by atoms with van der Waals surface area (Å²) in [5, 5.41) is 6.97. The fourth-order valence-corrected chi connectivity index (χ4v) is 6.84. The van der Waals surface area contributed by atoms with E-state index in [-0.39, 0.29) is 30.1 Å². The number of likely N-dealkylation sites (tertiary alicyclic amines) is 1. The molecule has 0 saturated carbocycles. The van der Waals surface area contributed by atoms with Crippen molar-refractivity contribution in [2.75, 3.05) is 31.1 Å². The van der Waals surface area contributed by atoms with Gasteiger partial charge in [0.1, 0.15) is 5.52 Å². The van der Waals surface area contributed by atoms with Gasteiger partial charge in [-0.3, -0.25) is 4.79 Å². The number of rotatable bonds is 3. The summed E-state index contributed by atoms with van der Waals surface area (Å²) in [5.41, 5.74) is 1.79. The summed E-state index contributed by atoms with van der Waals surface area (Å²) in [7, 11) is 0. The fourth-order valence-electron chi connectivity index (χ4n) is 6.84. The standard InChI is InChI=1S/C27H38N6O3/c1-17-15-32(27(35)31-11-3-4-12-31)16-18(2)33(17)26-30-24-22(9-6-10-23(24)36-26)25(34)29-21-13-19-7-5-8-20(14-21)28-19/h6,9-10,17-21,28H,3-5,7-8,11-16H2,1-2H3,(H,29,34)/t17-,18-,19?,20?,21?/m0/s1. The van der Waals surface area contributed by atoms with Gasteiger partial charge in [0, 0.05) is 56.4 Å². The highest BCUT2D eigenvalue weighted by atomic mass is 16.4. The number of carbonyl (C=O) groups excluding carboxylic acids is 2. The molecule has 1 aromatic carbocycles. The molecule has 4 saturated heterocycles. The van der Waals surface area contributed by atoms with Crippen molar-refractivity contribution in [3.8, 4) is 0 Å². The number of benzene rings is 1. The second-order valence-corrected chi connectivity index (χ2v) is 11.3. The van der Waals surface area contributed by atoms with Crippen molar-refractivity contribution < 1.29 is 14.0 Å². The molecule has 2 unspecified atom stereocenters. The van der Waals surface area contributed by atoms with Gasteiger partial charge in [-0.05, 0) is 64.5 Å². The molecule has 2 N–H and O–H groups in total. The van der Waals surface area contributed by atoms with Crippen molar-refractivity contribution >= 4 is 29.1 Å². The molecule has 36 heavy (non-hydrogen) atoms. The first-order valence-corrected chi connectivity index (χ1v) is 13.7. The van der Waals surface area contributed by atoms with Crippen LogP contribution in [0.5, 0.6) is 0 Å². The lowest BCUT2D eigenvalue weighted by atomic mass is 9.84. The van der Waals surface area contributed by atoms with Gasteiger partial charge in [0.2, 0.25) is 0 Å². The van der Waals surface area contributed by atoms with Crippen LogP contribution in [0, 0.1) is 0 Å². The number of hydrogen-bond acceptors (Lipinski definition) is 6. The number of hydrogen-bond donors (Lipinski definition) is 2. The van der Waals surface area contributed by atoms with E-state index in [9.17, 15) is 9.59 Å². The van der Waals surface area contributed by atoms with Crippen LogP contribution in [0.3, 0.4) is 0 Å². The molecule has 0 radical (unpaired) electrons. The Morgan fingerprint density at radius 2 is 1.69 bits per heavy atom. The Morgan fingerprint density at radius 3 is 2.39 bits per heavy atom. The molecular weight excluding hydrogens is 456 g/mol. The summed E-state index contributed by atoms with van der Waals surface area (Å²) in [6.07, 6.45) is 7.82. The number of anilines is 1. The van der Waals surface area contributed by atoms with Crippen LogP contribution in [0.4, 0.5) is 10.8 Å². The minimum atomic E-state index is -0.0763. The number of carbonyl (C=O) groups is 2. The van der Waals surface area contributed by atoms with E-state index in [1.54, 1.807) is 0 Å². The van der Waals surface area contributed by atoms with E-state index in [0.29, 0.717) is 47.9 Å². The lowest BCUT2D eigenvalue weighted by Gasteiger charge is -2.44. The third-order valence-corrected chi connectivity index (χ3v) is 8.49. The third kappa shape index (κ3) is 4.42. The predicted octanol–water partition coefficient (Wildman–Crippen LogP) is 3.35. The highest BCUT2D eigenvalue weighted by molar-refractivity contribution is 6.04. The summed E-state index contributed by atoms with van der Waals surface area (Å²) >= 11 is 0. The number of oxazole rings is 1. The first-order chi connectivity index (χ1) is 17.5. The Labute approximate surface area is 212 Å². The molecule has 1 aromatic heterocycles. The molecular formula is C27H38N6O3. The Kier molecular flexibility index (Phi) is 6.27. The van der Waals surface area contributed by atoms with Crippen molar-refractivity contribution in [2.45, 2.75) is 89.0 Å². The van der Waals surface area contributed by atoms with Gasteiger partial charge in [0.15, 0.2) is 5.58 Å². The number of nitrogens with one attached hydrogen (secondary N) is 2. The number of para-hydroxylation sites is 1. The second kappa shape index (κ2) is 9.57. The van der Waals surface area contributed by atoms with Gasteiger partial charge in [0.05, 0.1) is 5.56 Å². The van der Waals surface area contributed by atoms with E-state index in [0.717, 1.165) is 38.8 Å². The SMILES string of the molecule is C[C@H]1CN(C(=O)N2CCCC2)C[C@H](C)N1c1nc2c(C(=O)NC3CC4CCCC(C3)N4)cccc2o1.